The van der Waals surface area contributed by atoms with Gasteiger partial charge in [0, 0.05) is 6.20 Å². The van der Waals surface area contributed by atoms with Gasteiger partial charge in [0.05, 0.1) is 19.2 Å². The number of rotatable bonds is 3. The fraction of sp³-hybridized carbons (Fsp3) is 0.333. The number of aliphatic carboxylic acids is 1. The molecule has 0 fully saturated rings. The van der Waals surface area contributed by atoms with E-state index < -0.39 is 5.97 Å². The molecule has 70 valence electrons. The Morgan fingerprint density at radius 1 is 1.69 bits per heavy atom. The first-order valence-electron chi connectivity index (χ1n) is 3.85. The van der Waals surface area contributed by atoms with Gasteiger partial charge in [-0.1, -0.05) is 0 Å². The van der Waals surface area contributed by atoms with Crippen molar-refractivity contribution >= 4 is 5.97 Å². The first kappa shape index (κ1) is 9.51. The third-order valence-electron chi connectivity index (χ3n) is 1.70. The molecular weight excluding hydrogens is 170 g/mol. The summed E-state index contributed by atoms with van der Waals surface area (Å²) in [5, 5.41) is 8.58. The van der Waals surface area contributed by atoms with Gasteiger partial charge in [-0.25, -0.2) is 0 Å². The highest BCUT2D eigenvalue weighted by molar-refractivity contribution is 5.70. The molecule has 1 heterocycles. The maximum Gasteiger partial charge on any atom is 0.309 e. The topological polar surface area (TPSA) is 59.4 Å². The van der Waals surface area contributed by atoms with E-state index in [1.165, 1.54) is 7.11 Å². The number of nitrogens with zero attached hydrogens (tertiary/aromatic N) is 1. The molecular formula is C9H11NO3. The second-order valence-corrected chi connectivity index (χ2v) is 2.68. The Balaban J connectivity index is 3.05. The normalized spacial score (nSPS) is 9.69. The lowest BCUT2D eigenvalue weighted by Gasteiger charge is -2.07. The Hall–Kier alpha value is -1.58. The zero-order valence-corrected chi connectivity index (χ0v) is 7.57. The van der Waals surface area contributed by atoms with Crippen molar-refractivity contribution in [2.24, 2.45) is 0 Å². The summed E-state index contributed by atoms with van der Waals surface area (Å²) < 4.78 is 5.05. The number of aryl methyl sites for hydroxylation is 1. The molecule has 0 aliphatic rings. The van der Waals surface area contributed by atoms with Gasteiger partial charge in [0.15, 0.2) is 0 Å². The summed E-state index contributed by atoms with van der Waals surface area (Å²) in [5.41, 5.74) is 1.36. The van der Waals surface area contributed by atoms with Gasteiger partial charge in [0.25, 0.3) is 0 Å². The molecule has 1 rings (SSSR count). The van der Waals surface area contributed by atoms with Crippen LogP contribution in [0.3, 0.4) is 0 Å². The molecule has 0 saturated carbocycles. The summed E-state index contributed by atoms with van der Waals surface area (Å²) in [4.78, 5) is 14.4. The van der Waals surface area contributed by atoms with Gasteiger partial charge in [-0.05, 0) is 18.6 Å². The molecule has 0 aliphatic heterocycles. The highest BCUT2D eigenvalue weighted by Gasteiger charge is 2.10. The minimum atomic E-state index is -0.906. The summed E-state index contributed by atoms with van der Waals surface area (Å²) in [7, 11) is 1.51. The van der Waals surface area contributed by atoms with Crippen molar-refractivity contribution in [1.29, 1.82) is 0 Å². The summed E-state index contributed by atoms with van der Waals surface area (Å²) in [6.45, 7) is 1.85. The van der Waals surface area contributed by atoms with Crippen molar-refractivity contribution in [3.05, 3.63) is 23.5 Å². The number of methoxy groups -OCH3 is 1. The van der Waals surface area contributed by atoms with Crippen LogP contribution in [-0.2, 0) is 11.2 Å². The van der Waals surface area contributed by atoms with Crippen LogP contribution >= 0.6 is 0 Å². The third-order valence-corrected chi connectivity index (χ3v) is 1.70. The standard InChI is InChI=1S/C9H11NO3/c1-6-3-4-10-7(5-8(11)12)9(6)13-2/h3-4H,5H2,1-2H3,(H,11,12). The van der Waals surface area contributed by atoms with Gasteiger partial charge in [-0.2, -0.15) is 0 Å². The molecule has 4 nitrogen and oxygen atoms in total. The number of aromatic nitrogens is 1. The quantitative estimate of drug-likeness (QED) is 0.756. The monoisotopic (exact) mass is 181 g/mol. The van der Waals surface area contributed by atoms with E-state index in [1.54, 1.807) is 12.3 Å². The molecule has 0 aliphatic carbocycles. The van der Waals surface area contributed by atoms with Crippen molar-refractivity contribution in [3.63, 3.8) is 0 Å². The second-order valence-electron chi connectivity index (χ2n) is 2.68. The van der Waals surface area contributed by atoms with Crippen LogP contribution in [-0.4, -0.2) is 23.2 Å². The fourth-order valence-electron chi connectivity index (χ4n) is 1.15. The van der Waals surface area contributed by atoms with E-state index in [0.29, 0.717) is 11.4 Å². The molecule has 13 heavy (non-hydrogen) atoms. The minimum absolute atomic E-state index is 0.106. The Bertz CT molecular complexity index is 323. The molecule has 0 aromatic carbocycles. The number of ether oxygens (including phenoxy) is 1. The van der Waals surface area contributed by atoms with Crippen LogP contribution in [0.5, 0.6) is 5.75 Å². The van der Waals surface area contributed by atoms with E-state index in [2.05, 4.69) is 4.98 Å². The molecule has 0 spiro atoms. The predicted molar refractivity (Wildman–Crippen MR) is 46.9 cm³/mol. The first-order chi connectivity index (χ1) is 6.15. The lowest BCUT2D eigenvalue weighted by molar-refractivity contribution is -0.136. The smallest absolute Gasteiger partial charge is 0.309 e. The summed E-state index contributed by atoms with van der Waals surface area (Å²) in [6, 6.07) is 1.78. The molecule has 0 radical (unpaired) electrons. The number of carboxylic acid groups (broad SMARTS) is 1. The van der Waals surface area contributed by atoms with Crippen LogP contribution in [0.4, 0.5) is 0 Å². The Labute approximate surface area is 76.2 Å². The van der Waals surface area contributed by atoms with E-state index in [-0.39, 0.29) is 6.42 Å². The minimum Gasteiger partial charge on any atom is -0.495 e. The van der Waals surface area contributed by atoms with E-state index >= 15 is 0 Å². The highest BCUT2D eigenvalue weighted by Crippen LogP contribution is 2.20. The van der Waals surface area contributed by atoms with Crippen LogP contribution in [0.2, 0.25) is 0 Å². The zero-order valence-electron chi connectivity index (χ0n) is 7.57. The van der Waals surface area contributed by atoms with Crippen molar-refractivity contribution in [2.45, 2.75) is 13.3 Å². The molecule has 0 saturated heterocycles. The number of hydrogen-bond donors (Lipinski definition) is 1. The summed E-state index contributed by atoms with van der Waals surface area (Å²) >= 11 is 0. The lowest BCUT2D eigenvalue weighted by Crippen LogP contribution is -2.05. The Morgan fingerprint density at radius 3 is 2.92 bits per heavy atom. The van der Waals surface area contributed by atoms with E-state index in [1.807, 2.05) is 6.92 Å². The predicted octanol–water partition coefficient (Wildman–Crippen LogP) is 1.03. The molecule has 0 amide bonds. The SMILES string of the molecule is COc1c(C)ccnc1CC(=O)O. The molecule has 0 unspecified atom stereocenters. The van der Waals surface area contributed by atoms with Crippen molar-refractivity contribution in [3.8, 4) is 5.75 Å². The van der Waals surface area contributed by atoms with E-state index in [9.17, 15) is 4.79 Å². The third kappa shape index (κ3) is 2.18. The molecule has 1 N–H and O–H groups in total. The molecule has 1 aromatic heterocycles. The first-order valence-corrected chi connectivity index (χ1v) is 3.85. The fourth-order valence-corrected chi connectivity index (χ4v) is 1.15. The second kappa shape index (κ2) is 3.89. The van der Waals surface area contributed by atoms with E-state index in [0.717, 1.165) is 5.56 Å². The van der Waals surface area contributed by atoms with Crippen LogP contribution < -0.4 is 4.74 Å². The average molecular weight is 181 g/mol. The van der Waals surface area contributed by atoms with Gasteiger partial charge >= 0.3 is 5.97 Å². The number of pyridine rings is 1. The Morgan fingerprint density at radius 2 is 2.38 bits per heavy atom. The van der Waals surface area contributed by atoms with Crippen molar-refractivity contribution < 1.29 is 14.6 Å². The molecule has 1 aromatic rings. The van der Waals surface area contributed by atoms with Crippen LogP contribution in [0, 0.1) is 6.92 Å². The van der Waals surface area contributed by atoms with Gasteiger partial charge in [0.2, 0.25) is 0 Å². The number of carboxylic acids is 1. The van der Waals surface area contributed by atoms with Crippen LogP contribution in [0.25, 0.3) is 0 Å². The van der Waals surface area contributed by atoms with Gasteiger partial charge in [0.1, 0.15) is 5.75 Å². The molecule has 0 atom stereocenters. The lowest BCUT2D eigenvalue weighted by atomic mass is 10.2. The van der Waals surface area contributed by atoms with E-state index in [4.69, 9.17) is 9.84 Å². The Kier molecular flexibility index (Phi) is 2.84. The maximum absolute atomic E-state index is 10.5. The highest BCUT2D eigenvalue weighted by atomic mass is 16.5. The van der Waals surface area contributed by atoms with Gasteiger partial charge < -0.3 is 9.84 Å². The van der Waals surface area contributed by atoms with Crippen molar-refractivity contribution in [2.75, 3.05) is 7.11 Å². The van der Waals surface area contributed by atoms with Crippen molar-refractivity contribution in [1.82, 2.24) is 4.98 Å². The summed E-state index contributed by atoms with van der Waals surface area (Å²) in [6.07, 6.45) is 1.47. The molecule has 4 heteroatoms. The van der Waals surface area contributed by atoms with Gasteiger partial charge in [-0.3, -0.25) is 9.78 Å². The van der Waals surface area contributed by atoms with Crippen LogP contribution in [0.15, 0.2) is 12.3 Å². The number of hydrogen-bond acceptors (Lipinski definition) is 3. The van der Waals surface area contributed by atoms with Crippen LogP contribution in [0.1, 0.15) is 11.3 Å². The zero-order chi connectivity index (χ0) is 9.84. The largest absolute Gasteiger partial charge is 0.495 e. The van der Waals surface area contributed by atoms with Gasteiger partial charge in [-0.15, -0.1) is 0 Å². The maximum atomic E-state index is 10.5. The molecule has 0 bridgehead atoms. The average Bonchev–Trinajstić information content (AvgIpc) is 2.03. The summed E-state index contributed by atoms with van der Waals surface area (Å²) in [5.74, 6) is -0.346. The number of carbonyl (C=O) groups is 1.